The summed E-state index contributed by atoms with van der Waals surface area (Å²) in [5.74, 6) is -0.121. The van der Waals surface area contributed by atoms with Gasteiger partial charge >= 0.3 is 0 Å². The van der Waals surface area contributed by atoms with E-state index in [1.807, 2.05) is 84.9 Å². The van der Waals surface area contributed by atoms with Crippen molar-refractivity contribution in [3.8, 4) is 11.1 Å². The van der Waals surface area contributed by atoms with Gasteiger partial charge in [0, 0.05) is 24.2 Å². The second-order valence-electron chi connectivity index (χ2n) is 7.29. The molecule has 0 aliphatic heterocycles. The lowest BCUT2D eigenvalue weighted by atomic mass is 10.0. The zero-order chi connectivity index (χ0) is 21.5. The van der Waals surface area contributed by atoms with Crippen molar-refractivity contribution in [2.24, 2.45) is 0 Å². The van der Waals surface area contributed by atoms with Crippen LogP contribution in [0.4, 0.5) is 0 Å². The Kier molecular flexibility index (Phi) is 6.29. The first-order valence-electron chi connectivity index (χ1n) is 10.2. The summed E-state index contributed by atoms with van der Waals surface area (Å²) in [6.07, 6.45) is 3.52. The van der Waals surface area contributed by atoms with E-state index in [0.29, 0.717) is 17.7 Å². The van der Waals surface area contributed by atoms with Crippen LogP contribution >= 0.6 is 0 Å². The molecule has 1 aromatic heterocycles. The Balaban J connectivity index is 1.35. The van der Waals surface area contributed by atoms with Gasteiger partial charge in [0.05, 0.1) is 5.56 Å². The van der Waals surface area contributed by atoms with Gasteiger partial charge in [-0.3, -0.25) is 9.59 Å². The van der Waals surface area contributed by atoms with Gasteiger partial charge < -0.3 is 5.32 Å². The van der Waals surface area contributed by atoms with Gasteiger partial charge in [0.2, 0.25) is 12.3 Å². The average molecular weight is 407 g/mol. The van der Waals surface area contributed by atoms with Crippen molar-refractivity contribution in [1.82, 2.24) is 5.32 Å². The maximum atomic E-state index is 12.6. The highest BCUT2D eigenvalue weighted by molar-refractivity contribution is 5.95. The number of nitrogens with one attached hydrogen (secondary N) is 1. The van der Waals surface area contributed by atoms with Gasteiger partial charge in [-0.15, -0.1) is 0 Å². The molecule has 3 aromatic carbocycles. The summed E-state index contributed by atoms with van der Waals surface area (Å²) >= 11 is 0. The van der Waals surface area contributed by atoms with E-state index in [2.05, 4.69) is 5.32 Å². The van der Waals surface area contributed by atoms with E-state index in [0.717, 1.165) is 16.7 Å². The molecule has 0 aliphatic rings. The fraction of sp³-hybridized carbons (Fsp3) is 0.0741. The van der Waals surface area contributed by atoms with Crippen LogP contribution in [-0.2, 0) is 13.1 Å². The Morgan fingerprint density at radius 3 is 1.87 bits per heavy atom. The van der Waals surface area contributed by atoms with Crippen LogP contribution in [0.1, 0.15) is 26.3 Å². The third-order valence-electron chi connectivity index (χ3n) is 5.09. The van der Waals surface area contributed by atoms with Gasteiger partial charge in [0.1, 0.15) is 0 Å². The van der Waals surface area contributed by atoms with Gasteiger partial charge in [0.25, 0.3) is 5.91 Å². The fourth-order valence-electron chi connectivity index (χ4n) is 3.33. The van der Waals surface area contributed by atoms with Gasteiger partial charge in [0.15, 0.2) is 12.4 Å². The van der Waals surface area contributed by atoms with Crippen LogP contribution in [-0.4, -0.2) is 11.7 Å². The van der Waals surface area contributed by atoms with Gasteiger partial charge in [-0.05, 0) is 16.7 Å². The number of Topliss-reactive ketones (excluding diaryl/α,β-unsaturated/α-hetero) is 1. The largest absolute Gasteiger partial charge is 0.348 e. The van der Waals surface area contributed by atoms with Crippen LogP contribution in [0.2, 0.25) is 0 Å². The van der Waals surface area contributed by atoms with Gasteiger partial charge in [-0.25, -0.2) is 0 Å². The fourth-order valence-corrected chi connectivity index (χ4v) is 3.33. The lowest BCUT2D eigenvalue weighted by Gasteiger charge is -2.05. The summed E-state index contributed by atoms with van der Waals surface area (Å²) in [5.41, 5.74) is 4.47. The van der Waals surface area contributed by atoms with Crippen LogP contribution in [0.15, 0.2) is 109 Å². The number of nitrogens with zero attached hydrogens (tertiary/aromatic N) is 1. The molecule has 0 unspecified atom stereocenters. The highest BCUT2D eigenvalue weighted by Gasteiger charge is 2.14. The van der Waals surface area contributed by atoms with Crippen LogP contribution in [0.3, 0.4) is 0 Å². The molecule has 0 spiro atoms. The first-order chi connectivity index (χ1) is 15.2. The summed E-state index contributed by atoms with van der Waals surface area (Å²) < 4.78 is 1.78. The Morgan fingerprint density at radius 2 is 1.23 bits per heavy atom. The Morgan fingerprint density at radius 1 is 0.645 bits per heavy atom. The molecular weight excluding hydrogens is 384 g/mol. The molecule has 0 aliphatic carbocycles. The maximum absolute atomic E-state index is 12.6. The lowest BCUT2D eigenvalue weighted by molar-refractivity contribution is -0.683. The van der Waals surface area contributed by atoms with Crippen molar-refractivity contribution < 1.29 is 14.2 Å². The van der Waals surface area contributed by atoms with Crippen molar-refractivity contribution in [3.63, 3.8) is 0 Å². The minimum atomic E-state index is -0.140. The first kappa shape index (κ1) is 20.2. The number of hydrogen-bond acceptors (Lipinski definition) is 2. The summed E-state index contributed by atoms with van der Waals surface area (Å²) in [4.78, 5) is 25.0. The molecule has 0 radical (unpaired) electrons. The van der Waals surface area contributed by atoms with Crippen LogP contribution in [0.25, 0.3) is 11.1 Å². The normalized spacial score (nSPS) is 10.5. The molecule has 0 saturated heterocycles. The van der Waals surface area contributed by atoms with Crippen molar-refractivity contribution in [1.29, 1.82) is 0 Å². The predicted molar refractivity (Wildman–Crippen MR) is 120 cm³/mol. The van der Waals surface area contributed by atoms with Crippen LogP contribution in [0.5, 0.6) is 0 Å². The molecule has 152 valence electrons. The molecule has 1 amide bonds. The number of benzene rings is 3. The molecule has 4 nitrogen and oxygen atoms in total. The van der Waals surface area contributed by atoms with E-state index in [1.54, 1.807) is 29.1 Å². The van der Waals surface area contributed by atoms with Crippen molar-refractivity contribution in [3.05, 3.63) is 126 Å². The monoisotopic (exact) mass is 407 g/mol. The standard InChI is InChI=1S/C27H22N2O2/c30-26(24-13-11-23(12-14-24)22-9-5-2-6-10-22)20-29-17-15-25(16-18-29)27(31)28-19-21-7-3-1-4-8-21/h1-18H,19-20H2/p+1. The Bertz CT molecular complexity index is 1150. The minimum Gasteiger partial charge on any atom is -0.348 e. The second-order valence-corrected chi connectivity index (χ2v) is 7.29. The molecule has 31 heavy (non-hydrogen) atoms. The van der Waals surface area contributed by atoms with E-state index >= 15 is 0 Å². The predicted octanol–water partition coefficient (Wildman–Crippen LogP) is 4.45. The molecule has 0 bridgehead atoms. The number of aromatic nitrogens is 1. The lowest BCUT2D eigenvalue weighted by Crippen LogP contribution is -2.37. The zero-order valence-electron chi connectivity index (χ0n) is 17.1. The molecule has 4 rings (SSSR count). The molecule has 1 heterocycles. The zero-order valence-corrected chi connectivity index (χ0v) is 17.1. The van der Waals surface area contributed by atoms with Crippen molar-refractivity contribution >= 4 is 11.7 Å². The maximum Gasteiger partial charge on any atom is 0.252 e. The molecule has 1 N–H and O–H groups in total. The van der Waals surface area contributed by atoms with Gasteiger partial charge in [-0.1, -0.05) is 84.9 Å². The molecule has 4 aromatic rings. The van der Waals surface area contributed by atoms with Gasteiger partial charge in [-0.2, -0.15) is 4.57 Å². The quantitative estimate of drug-likeness (QED) is 0.363. The minimum absolute atomic E-state index is 0.0193. The molecule has 0 atom stereocenters. The summed E-state index contributed by atoms with van der Waals surface area (Å²) in [7, 11) is 0. The summed E-state index contributed by atoms with van der Waals surface area (Å²) in [6, 6.07) is 30.9. The highest BCUT2D eigenvalue weighted by Crippen LogP contribution is 2.19. The molecule has 0 fully saturated rings. The topological polar surface area (TPSA) is 50.0 Å². The molecule has 4 heteroatoms. The van der Waals surface area contributed by atoms with E-state index in [-0.39, 0.29) is 18.2 Å². The number of pyridine rings is 1. The van der Waals surface area contributed by atoms with Crippen LogP contribution in [0, 0.1) is 0 Å². The van der Waals surface area contributed by atoms with Crippen molar-refractivity contribution in [2.45, 2.75) is 13.1 Å². The van der Waals surface area contributed by atoms with E-state index in [1.165, 1.54) is 0 Å². The smallest absolute Gasteiger partial charge is 0.252 e. The SMILES string of the molecule is O=C(C[n+]1ccc(C(=O)NCc2ccccc2)cc1)c1ccc(-c2ccccc2)cc1. The molecule has 0 saturated carbocycles. The molecular formula is C27H23N2O2+. The van der Waals surface area contributed by atoms with Crippen LogP contribution < -0.4 is 9.88 Å². The number of amides is 1. The first-order valence-corrected chi connectivity index (χ1v) is 10.2. The number of rotatable bonds is 7. The summed E-state index contributed by atoms with van der Waals surface area (Å²) in [5, 5.41) is 2.90. The number of carbonyl (C=O) groups excluding carboxylic acids is 2. The number of ketones is 1. The van der Waals surface area contributed by atoms with E-state index in [9.17, 15) is 9.59 Å². The second kappa shape index (κ2) is 9.63. The van der Waals surface area contributed by atoms with Crippen molar-refractivity contribution in [2.75, 3.05) is 0 Å². The third-order valence-corrected chi connectivity index (χ3v) is 5.09. The highest BCUT2D eigenvalue weighted by atomic mass is 16.1. The number of carbonyl (C=O) groups is 2. The van der Waals surface area contributed by atoms with E-state index < -0.39 is 0 Å². The number of hydrogen-bond donors (Lipinski definition) is 1. The Hall–Kier alpha value is -4.05. The Labute approximate surface area is 181 Å². The average Bonchev–Trinajstić information content (AvgIpc) is 2.84. The van der Waals surface area contributed by atoms with E-state index in [4.69, 9.17) is 0 Å². The summed E-state index contributed by atoms with van der Waals surface area (Å²) in [6.45, 7) is 0.697. The third kappa shape index (κ3) is 5.31.